The van der Waals surface area contributed by atoms with E-state index in [9.17, 15) is 0 Å². The van der Waals surface area contributed by atoms with Crippen LogP contribution in [0.1, 0.15) is 51.9 Å². The van der Waals surface area contributed by atoms with Gasteiger partial charge in [-0.1, -0.05) is 39.0 Å². The number of rotatable bonds is 11. The van der Waals surface area contributed by atoms with E-state index in [0.29, 0.717) is 5.96 Å². The fourth-order valence-electron chi connectivity index (χ4n) is 1.59. The molecule has 0 saturated carbocycles. The normalized spacial score (nSPS) is 11.1. The fraction of sp³-hybridized carbons (Fsp3) is 0.923. The van der Waals surface area contributed by atoms with Gasteiger partial charge < -0.3 is 15.8 Å². The minimum Gasteiger partial charge on any atom is -0.385 e. The molecule has 0 rings (SSSR count). The van der Waals surface area contributed by atoms with Gasteiger partial charge in [-0.05, 0) is 12.8 Å². The maximum Gasteiger partial charge on any atom is 0.188 e. The van der Waals surface area contributed by atoms with Crippen molar-refractivity contribution in [1.82, 2.24) is 5.32 Å². The Hall–Kier alpha value is -0.0400. The minimum absolute atomic E-state index is 0. The Kier molecular flexibility index (Phi) is 19.1. The first kappa shape index (κ1) is 20.3. The Morgan fingerprint density at radius 3 is 2.44 bits per heavy atom. The summed E-state index contributed by atoms with van der Waals surface area (Å²) in [4.78, 5) is 4.21. The maximum absolute atomic E-state index is 5.72. The predicted octanol–water partition coefficient (Wildman–Crippen LogP) is 2.91. The molecule has 4 nitrogen and oxygen atoms in total. The minimum atomic E-state index is 0. The second-order valence-electron chi connectivity index (χ2n) is 4.31. The van der Waals surface area contributed by atoms with Gasteiger partial charge in [0.25, 0.3) is 0 Å². The molecule has 3 N–H and O–H groups in total. The number of nitrogens with two attached hydrogens (primary N) is 1. The summed E-state index contributed by atoms with van der Waals surface area (Å²) >= 11 is 0. The lowest BCUT2D eigenvalue weighted by molar-refractivity contribution is 0.197. The molecule has 0 saturated heterocycles. The first-order valence-corrected chi connectivity index (χ1v) is 6.84. The number of ether oxygens (including phenoxy) is 1. The molecule has 5 heteroatoms. The smallest absolute Gasteiger partial charge is 0.188 e. The topological polar surface area (TPSA) is 59.6 Å². The van der Waals surface area contributed by atoms with Crippen LogP contribution in [-0.2, 0) is 4.74 Å². The van der Waals surface area contributed by atoms with Crippen LogP contribution < -0.4 is 11.1 Å². The van der Waals surface area contributed by atoms with Crippen LogP contribution in [-0.4, -0.2) is 32.8 Å². The number of nitrogens with zero attached hydrogens (tertiary/aromatic N) is 1. The number of nitrogens with one attached hydrogen (secondary N) is 1. The third kappa shape index (κ3) is 16.0. The molecule has 0 spiro atoms. The van der Waals surface area contributed by atoms with Gasteiger partial charge in [-0.15, -0.1) is 24.0 Å². The number of methoxy groups -OCH3 is 1. The Bertz CT molecular complexity index is 189. The number of guanidine groups is 1. The molecule has 0 unspecified atom stereocenters. The van der Waals surface area contributed by atoms with Crippen molar-refractivity contribution in [3.63, 3.8) is 0 Å². The van der Waals surface area contributed by atoms with Gasteiger partial charge in [0.05, 0.1) is 0 Å². The van der Waals surface area contributed by atoms with Crippen molar-refractivity contribution in [2.45, 2.75) is 51.9 Å². The van der Waals surface area contributed by atoms with Crippen LogP contribution in [0.2, 0.25) is 0 Å². The standard InChI is InChI=1S/C13H29N3O.HI/c1-3-4-5-6-7-8-10-15-13(14)16-11-9-12-17-2;/h3-12H2,1-2H3,(H3,14,15,16);1H. The van der Waals surface area contributed by atoms with Crippen molar-refractivity contribution >= 4 is 29.9 Å². The summed E-state index contributed by atoms with van der Waals surface area (Å²) in [5.41, 5.74) is 5.72. The molecule has 0 aromatic rings. The van der Waals surface area contributed by atoms with Crippen LogP contribution in [0.15, 0.2) is 4.99 Å². The molecular weight excluding hydrogens is 341 g/mol. The third-order valence-electron chi connectivity index (χ3n) is 2.63. The van der Waals surface area contributed by atoms with E-state index in [2.05, 4.69) is 17.2 Å². The molecule has 0 aliphatic rings. The van der Waals surface area contributed by atoms with E-state index in [1.807, 2.05) is 0 Å². The monoisotopic (exact) mass is 371 g/mol. The van der Waals surface area contributed by atoms with Gasteiger partial charge in [0.15, 0.2) is 5.96 Å². The largest absolute Gasteiger partial charge is 0.385 e. The highest BCUT2D eigenvalue weighted by Crippen LogP contribution is 2.03. The summed E-state index contributed by atoms with van der Waals surface area (Å²) in [5, 5.41) is 3.14. The second kappa shape index (κ2) is 17.0. The lowest BCUT2D eigenvalue weighted by Gasteiger charge is -2.05. The number of aliphatic imine (C=N–C) groups is 1. The third-order valence-corrected chi connectivity index (χ3v) is 2.63. The van der Waals surface area contributed by atoms with Gasteiger partial charge in [0, 0.05) is 26.8 Å². The maximum atomic E-state index is 5.72. The van der Waals surface area contributed by atoms with E-state index < -0.39 is 0 Å². The molecule has 0 bridgehead atoms. The van der Waals surface area contributed by atoms with Gasteiger partial charge in [-0.2, -0.15) is 0 Å². The van der Waals surface area contributed by atoms with Crippen LogP contribution in [0.5, 0.6) is 0 Å². The Labute approximate surface area is 129 Å². The van der Waals surface area contributed by atoms with Crippen LogP contribution in [0.3, 0.4) is 0 Å². The molecule has 0 atom stereocenters. The molecular formula is C13H30IN3O. The van der Waals surface area contributed by atoms with Gasteiger partial charge in [0.2, 0.25) is 0 Å². The van der Waals surface area contributed by atoms with Crippen LogP contribution >= 0.6 is 24.0 Å². The highest BCUT2D eigenvalue weighted by molar-refractivity contribution is 14.0. The van der Waals surface area contributed by atoms with Gasteiger partial charge in [0.1, 0.15) is 0 Å². The molecule has 0 aromatic heterocycles. The Morgan fingerprint density at radius 2 is 1.78 bits per heavy atom. The van der Waals surface area contributed by atoms with Crippen LogP contribution in [0.25, 0.3) is 0 Å². The summed E-state index contributed by atoms with van der Waals surface area (Å²) in [7, 11) is 1.70. The van der Waals surface area contributed by atoms with Crippen molar-refractivity contribution in [2.75, 3.05) is 26.8 Å². The van der Waals surface area contributed by atoms with Crippen LogP contribution in [0, 0.1) is 0 Å². The Balaban J connectivity index is 0. The quantitative estimate of drug-likeness (QED) is 0.254. The number of halogens is 1. The molecule has 0 aliphatic heterocycles. The zero-order valence-corrected chi connectivity index (χ0v) is 14.2. The van der Waals surface area contributed by atoms with Gasteiger partial charge in [-0.3, -0.25) is 4.99 Å². The van der Waals surface area contributed by atoms with Crippen molar-refractivity contribution in [3.8, 4) is 0 Å². The first-order valence-electron chi connectivity index (χ1n) is 6.84. The predicted molar refractivity (Wildman–Crippen MR) is 89.8 cm³/mol. The molecule has 0 amide bonds. The molecule has 0 fully saturated rings. The lowest BCUT2D eigenvalue weighted by atomic mass is 10.1. The number of unbranched alkanes of at least 4 members (excludes halogenated alkanes) is 5. The summed E-state index contributed by atoms with van der Waals surface area (Å²) in [6, 6.07) is 0. The second-order valence-corrected chi connectivity index (χ2v) is 4.31. The average molecular weight is 371 g/mol. The van der Waals surface area contributed by atoms with Crippen molar-refractivity contribution < 1.29 is 4.74 Å². The van der Waals surface area contributed by atoms with Gasteiger partial charge in [-0.25, -0.2) is 0 Å². The van der Waals surface area contributed by atoms with E-state index >= 15 is 0 Å². The molecule has 18 heavy (non-hydrogen) atoms. The zero-order chi connectivity index (χ0) is 12.8. The summed E-state index contributed by atoms with van der Waals surface area (Å²) in [6.45, 7) is 4.66. The van der Waals surface area contributed by atoms with E-state index in [1.165, 1.54) is 38.5 Å². The zero-order valence-electron chi connectivity index (χ0n) is 11.9. The SMILES string of the molecule is CCCCCCCCNC(N)=NCCCOC.I. The van der Waals surface area contributed by atoms with E-state index in [0.717, 1.165) is 26.1 Å². The highest BCUT2D eigenvalue weighted by atomic mass is 127. The molecule has 0 aromatic carbocycles. The van der Waals surface area contributed by atoms with Crippen molar-refractivity contribution in [2.24, 2.45) is 10.7 Å². The molecule has 0 aliphatic carbocycles. The summed E-state index contributed by atoms with van der Waals surface area (Å²) in [6.07, 6.45) is 8.74. The Morgan fingerprint density at radius 1 is 1.11 bits per heavy atom. The van der Waals surface area contributed by atoms with Crippen molar-refractivity contribution in [1.29, 1.82) is 0 Å². The molecule has 110 valence electrons. The molecule has 0 heterocycles. The highest BCUT2D eigenvalue weighted by Gasteiger charge is 1.92. The van der Waals surface area contributed by atoms with E-state index in [1.54, 1.807) is 7.11 Å². The average Bonchev–Trinajstić information content (AvgIpc) is 2.33. The first-order chi connectivity index (χ1) is 8.31. The molecule has 0 radical (unpaired) electrons. The summed E-state index contributed by atoms with van der Waals surface area (Å²) < 4.78 is 4.94. The number of hydrogen-bond acceptors (Lipinski definition) is 2. The van der Waals surface area contributed by atoms with Crippen molar-refractivity contribution in [3.05, 3.63) is 0 Å². The van der Waals surface area contributed by atoms with E-state index in [-0.39, 0.29) is 24.0 Å². The fourth-order valence-corrected chi connectivity index (χ4v) is 1.59. The summed E-state index contributed by atoms with van der Waals surface area (Å²) in [5.74, 6) is 0.565. The van der Waals surface area contributed by atoms with E-state index in [4.69, 9.17) is 10.5 Å². The number of hydrogen-bond donors (Lipinski definition) is 2. The van der Waals surface area contributed by atoms with Crippen LogP contribution in [0.4, 0.5) is 0 Å². The lowest BCUT2D eigenvalue weighted by Crippen LogP contribution is -2.32. The van der Waals surface area contributed by atoms with Gasteiger partial charge >= 0.3 is 0 Å².